The van der Waals surface area contributed by atoms with Crippen LogP contribution < -0.4 is 4.57 Å². The van der Waals surface area contributed by atoms with Crippen LogP contribution in [-0.2, 0) is 6.54 Å². The summed E-state index contributed by atoms with van der Waals surface area (Å²) in [6.45, 7) is 2.43. The number of aromatic hydroxyl groups is 2. The first-order valence-corrected chi connectivity index (χ1v) is 8.18. The summed E-state index contributed by atoms with van der Waals surface area (Å²) in [5.74, 6) is -1.43. The van der Waals surface area contributed by atoms with Gasteiger partial charge in [0.05, 0.1) is 11.1 Å². The summed E-state index contributed by atoms with van der Waals surface area (Å²) in [5.41, 5.74) is 2.01. The van der Waals surface area contributed by atoms with E-state index < -0.39 is 5.78 Å². The lowest BCUT2D eigenvalue weighted by molar-refractivity contribution is -0.688. The molecule has 1 heterocycles. The van der Waals surface area contributed by atoms with Gasteiger partial charge in [0.1, 0.15) is 11.5 Å². The lowest BCUT2D eigenvalue weighted by atomic mass is 9.82. The molecule has 0 fully saturated rings. The van der Waals surface area contributed by atoms with Gasteiger partial charge in [-0.15, -0.1) is 0 Å². The molecular formula is C21H16NO4+. The Kier molecular flexibility index (Phi) is 3.58. The lowest BCUT2D eigenvalue weighted by Crippen LogP contribution is -2.33. The molecule has 0 saturated heterocycles. The fourth-order valence-corrected chi connectivity index (χ4v) is 3.39. The number of fused-ring (bicyclic) bond motifs is 2. The Bertz CT molecular complexity index is 1090. The van der Waals surface area contributed by atoms with Crippen molar-refractivity contribution in [1.82, 2.24) is 0 Å². The van der Waals surface area contributed by atoms with Gasteiger partial charge in [-0.3, -0.25) is 9.59 Å². The molecular weight excluding hydrogens is 330 g/mol. The van der Waals surface area contributed by atoms with Gasteiger partial charge in [0.2, 0.25) is 5.78 Å². The SMILES string of the molecule is Cc1ccc[n+](Cc2cc(O)c3c(c2)C(=O)c2cccc(O)c2C3=O)c1. The summed E-state index contributed by atoms with van der Waals surface area (Å²) in [6, 6.07) is 11.4. The van der Waals surface area contributed by atoms with E-state index in [1.165, 1.54) is 24.3 Å². The minimum absolute atomic E-state index is 0.0537. The number of phenolic OH excluding ortho intramolecular Hbond substituents is 2. The van der Waals surface area contributed by atoms with E-state index in [-0.39, 0.29) is 39.5 Å². The largest absolute Gasteiger partial charge is 0.507 e. The Morgan fingerprint density at radius 1 is 0.885 bits per heavy atom. The zero-order valence-electron chi connectivity index (χ0n) is 14.1. The van der Waals surface area contributed by atoms with Gasteiger partial charge in [0.15, 0.2) is 24.7 Å². The summed E-state index contributed by atoms with van der Waals surface area (Å²) in [5, 5.41) is 20.4. The molecule has 0 unspecified atom stereocenters. The third-order valence-electron chi connectivity index (χ3n) is 4.53. The highest BCUT2D eigenvalue weighted by atomic mass is 16.3. The van der Waals surface area contributed by atoms with Gasteiger partial charge in [-0.2, -0.15) is 0 Å². The molecule has 4 rings (SSSR count). The molecule has 3 aromatic rings. The maximum absolute atomic E-state index is 12.8. The standard InChI is InChI=1S/C21H15NO4/c1-12-4-3-7-22(10-12)11-13-8-15-19(17(24)9-13)21(26)18-14(20(15)25)5-2-6-16(18)23/h2-10H,11H2,1H3,(H-,23,24,26)/p+1. The predicted octanol–water partition coefficient (Wildman–Crippen LogP) is 2.52. The number of hydrogen-bond acceptors (Lipinski definition) is 4. The van der Waals surface area contributed by atoms with Crippen LogP contribution in [0.3, 0.4) is 0 Å². The van der Waals surface area contributed by atoms with Crippen LogP contribution in [0.5, 0.6) is 11.5 Å². The average Bonchev–Trinajstić information content (AvgIpc) is 2.59. The second kappa shape index (κ2) is 5.81. The zero-order chi connectivity index (χ0) is 18.4. The van der Waals surface area contributed by atoms with Crippen LogP contribution in [0.1, 0.15) is 43.0 Å². The molecule has 5 nitrogen and oxygen atoms in total. The number of rotatable bonds is 2. The highest BCUT2D eigenvalue weighted by Crippen LogP contribution is 2.37. The Morgan fingerprint density at radius 2 is 1.65 bits per heavy atom. The summed E-state index contributed by atoms with van der Waals surface area (Å²) in [4.78, 5) is 25.6. The minimum atomic E-state index is -0.542. The molecule has 2 aromatic carbocycles. The summed E-state index contributed by atoms with van der Waals surface area (Å²) < 4.78 is 1.94. The Morgan fingerprint density at radius 3 is 2.42 bits per heavy atom. The minimum Gasteiger partial charge on any atom is -0.507 e. The fraction of sp³-hybridized carbons (Fsp3) is 0.0952. The second-order valence-electron chi connectivity index (χ2n) is 6.45. The van der Waals surface area contributed by atoms with Crippen molar-refractivity contribution in [3.8, 4) is 11.5 Å². The van der Waals surface area contributed by atoms with Gasteiger partial charge in [-0.25, -0.2) is 4.57 Å². The third kappa shape index (κ3) is 2.45. The number of hydrogen-bond donors (Lipinski definition) is 2. The third-order valence-corrected chi connectivity index (χ3v) is 4.53. The maximum atomic E-state index is 12.8. The number of ketones is 2. The van der Waals surface area contributed by atoms with E-state index in [1.807, 2.05) is 36.0 Å². The van der Waals surface area contributed by atoms with Crippen molar-refractivity contribution >= 4 is 11.6 Å². The number of pyridine rings is 1. The van der Waals surface area contributed by atoms with Crippen LogP contribution >= 0.6 is 0 Å². The van der Waals surface area contributed by atoms with Gasteiger partial charge in [0, 0.05) is 28.3 Å². The van der Waals surface area contributed by atoms with Crippen molar-refractivity contribution in [2.75, 3.05) is 0 Å². The van der Waals surface area contributed by atoms with Gasteiger partial charge in [-0.05, 0) is 31.2 Å². The monoisotopic (exact) mass is 346 g/mol. The molecule has 128 valence electrons. The second-order valence-corrected chi connectivity index (χ2v) is 6.45. The van der Waals surface area contributed by atoms with E-state index in [0.29, 0.717) is 12.1 Å². The molecule has 1 aliphatic carbocycles. The molecule has 1 aromatic heterocycles. The molecule has 1 aliphatic rings. The highest BCUT2D eigenvalue weighted by molar-refractivity contribution is 6.30. The van der Waals surface area contributed by atoms with Crippen LogP contribution in [0.4, 0.5) is 0 Å². The number of carbonyl (C=O) groups excluding carboxylic acids is 2. The van der Waals surface area contributed by atoms with Crippen molar-refractivity contribution in [2.24, 2.45) is 0 Å². The van der Waals surface area contributed by atoms with E-state index in [0.717, 1.165) is 5.56 Å². The Hall–Kier alpha value is -3.47. The van der Waals surface area contributed by atoms with Gasteiger partial charge in [-0.1, -0.05) is 12.1 Å². The number of phenols is 2. The Labute approximate surface area is 149 Å². The van der Waals surface area contributed by atoms with Crippen LogP contribution in [0.15, 0.2) is 54.9 Å². The smallest absolute Gasteiger partial charge is 0.201 e. The zero-order valence-corrected chi connectivity index (χ0v) is 14.1. The number of nitrogens with zero attached hydrogens (tertiary/aromatic N) is 1. The average molecular weight is 346 g/mol. The first-order valence-electron chi connectivity index (χ1n) is 8.18. The number of benzene rings is 2. The predicted molar refractivity (Wildman–Crippen MR) is 93.6 cm³/mol. The van der Waals surface area contributed by atoms with Crippen molar-refractivity contribution in [2.45, 2.75) is 13.5 Å². The molecule has 0 amide bonds. The molecule has 0 spiro atoms. The number of aryl methyl sites for hydroxylation is 1. The van der Waals surface area contributed by atoms with Crippen molar-refractivity contribution in [3.63, 3.8) is 0 Å². The van der Waals surface area contributed by atoms with E-state index in [9.17, 15) is 19.8 Å². The molecule has 2 N–H and O–H groups in total. The molecule has 0 radical (unpaired) electrons. The Balaban J connectivity index is 1.83. The summed E-state index contributed by atoms with van der Waals surface area (Å²) >= 11 is 0. The van der Waals surface area contributed by atoms with E-state index in [4.69, 9.17) is 0 Å². The summed E-state index contributed by atoms with van der Waals surface area (Å²) in [7, 11) is 0. The maximum Gasteiger partial charge on any atom is 0.201 e. The molecule has 26 heavy (non-hydrogen) atoms. The highest BCUT2D eigenvalue weighted by Gasteiger charge is 2.34. The topological polar surface area (TPSA) is 78.5 Å². The first kappa shape index (κ1) is 16.0. The lowest BCUT2D eigenvalue weighted by Gasteiger charge is -2.19. The van der Waals surface area contributed by atoms with Crippen LogP contribution in [-0.4, -0.2) is 21.8 Å². The quantitative estimate of drug-likeness (QED) is 0.547. The molecule has 0 bridgehead atoms. The van der Waals surface area contributed by atoms with Crippen molar-refractivity contribution in [3.05, 3.63) is 88.2 Å². The van der Waals surface area contributed by atoms with Crippen LogP contribution in [0, 0.1) is 6.92 Å². The molecule has 5 heteroatoms. The van der Waals surface area contributed by atoms with E-state index in [2.05, 4.69) is 0 Å². The molecule has 0 atom stereocenters. The normalized spacial score (nSPS) is 12.7. The fourth-order valence-electron chi connectivity index (χ4n) is 3.39. The van der Waals surface area contributed by atoms with Crippen molar-refractivity contribution < 1.29 is 24.4 Å². The van der Waals surface area contributed by atoms with E-state index >= 15 is 0 Å². The molecule has 0 saturated carbocycles. The van der Waals surface area contributed by atoms with Gasteiger partial charge in [0.25, 0.3) is 0 Å². The van der Waals surface area contributed by atoms with E-state index in [1.54, 1.807) is 6.07 Å². The van der Waals surface area contributed by atoms with Crippen molar-refractivity contribution in [1.29, 1.82) is 0 Å². The van der Waals surface area contributed by atoms with Gasteiger partial charge >= 0.3 is 0 Å². The number of carbonyl (C=O) groups is 2. The summed E-state index contributed by atoms with van der Waals surface area (Å²) in [6.07, 6.45) is 3.85. The van der Waals surface area contributed by atoms with Crippen LogP contribution in [0.25, 0.3) is 0 Å². The first-order chi connectivity index (χ1) is 12.5. The number of aromatic nitrogens is 1. The molecule has 0 aliphatic heterocycles. The van der Waals surface area contributed by atoms with Gasteiger partial charge < -0.3 is 10.2 Å². The van der Waals surface area contributed by atoms with Crippen LogP contribution in [0.2, 0.25) is 0 Å².